The van der Waals surface area contributed by atoms with E-state index in [1.54, 1.807) is 4.90 Å². The maximum atomic E-state index is 15.3. The summed E-state index contributed by atoms with van der Waals surface area (Å²) in [6, 6.07) is 0.308. The fourth-order valence-electron chi connectivity index (χ4n) is 5.30. The van der Waals surface area contributed by atoms with Crippen LogP contribution in [-0.4, -0.2) is 53.7 Å². The second-order valence-corrected chi connectivity index (χ2v) is 8.89. The summed E-state index contributed by atoms with van der Waals surface area (Å²) in [6.45, 7) is 0.534. The summed E-state index contributed by atoms with van der Waals surface area (Å²) in [6.07, 6.45) is -0.463. The van der Waals surface area contributed by atoms with Crippen LogP contribution in [0, 0.1) is 11.7 Å². The minimum Gasteiger partial charge on any atom is -0.492 e. The fourth-order valence-corrected chi connectivity index (χ4v) is 5.30. The van der Waals surface area contributed by atoms with Crippen LogP contribution in [0.2, 0.25) is 0 Å². The van der Waals surface area contributed by atoms with Gasteiger partial charge in [-0.25, -0.2) is 18.0 Å². The zero-order valence-corrected chi connectivity index (χ0v) is 16.8. The number of ether oxygens (including phenoxy) is 1. The third-order valence-electron chi connectivity index (χ3n) is 6.87. The predicted molar refractivity (Wildman–Crippen MR) is 107 cm³/mol. The van der Waals surface area contributed by atoms with Crippen LogP contribution in [0.25, 0.3) is 10.9 Å². The van der Waals surface area contributed by atoms with Gasteiger partial charge < -0.3 is 25.0 Å². The first-order valence-electron chi connectivity index (χ1n) is 10.1. The Morgan fingerprint density at radius 1 is 1.35 bits per heavy atom. The smallest absolute Gasteiger partial charge is 0.341 e. The molecular formula is C21H22F3N3O4. The Bertz CT molecular complexity index is 1170. The second-order valence-electron chi connectivity index (χ2n) is 8.89. The van der Waals surface area contributed by atoms with Crippen LogP contribution in [0.4, 0.5) is 18.9 Å². The van der Waals surface area contributed by atoms with Gasteiger partial charge >= 0.3 is 5.97 Å². The molecule has 166 valence electrons. The number of hydrogen-bond acceptors (Lipinski definition) is 5. The molecule has 5 atom stereocenters. The van der Waals surface area contributed by atoms with E-state index in [1.165, 1.54) is 11.7 Å². The lowest BCUT2D eigenvalue weighted by Gasteiger charge is -2.27. The van der Waals surface area contributed by atoms with E-state index >= 15 is 4.39 Å². The molecule has 1 aliphatic heterocycles. The first kappa shape index (κ1) is 20.2. The summed E-state index contributed by atoms with van der Waals surface area (Å²) in [7, 11) is 1.31. The molecule has 0 spiro atoms. The van der Waals surface area contributed by atoms with Gasteiger partial charge in [-0.1, -0.05) is 0 Å². The van der Waals surface area contributed by atoms with Crippen LogP contribution in [0.3, 0.4) is 0 Å². The molecule has 5 rings (SSSR count). The molecule has 7 nitrogen and oxygen atoms in total. The number of fused-ring (bicyclic) bond motifs is 2. The molecule has 3 aliphatic rings. The van der Waals surface area contributed by atoms with Crippen LogP contribution in [0.15, 0.2) is 17.1 Å². The highest BCUT2D eigenvalue weighted by atomic mass is 19.1. The molecule has 2 saturated carbocycles. The first-order valence-corrected chi connectivity index (χ1v) is 10.1. The number of methoxy groups -OCH3 is 1. The van der Waals surface area contributed by atoms with Crippen molar-refractivity contribution in [2.75, 3.05) is 25.1 Å². The summed E-state index contributed by atoms with van der Waals surface area (Å²) >= 11 is 0. The van der Waals surface area contributed by atoms with E-state index in [-0.39, 0.29) is 47.6 Å². The van der Waals surface area contributed by atoms with Gasteiger partial charge in [0.25, 0.3) is 0 Å². The van der Waals surface area contributed by atoms with Gasteiger partial charge in [-0.05, 0) is 24.8 Å². The van der Waals surface area contributed by atoms with Crippen molar-refractivity contribution in [1.82, 2.24) is 4.57 Å². The van der Waals surface area contributed by atoms with Gasteiger partial charge in [-0.2, -0.15) is 0 Å². The minimum absolute atomic E-state index is 0.0171. The largest absolute Gasteiger partial charge is 0.492 e. The number of benzene rings is 1. The average Bonchev–Trinajstić information content (AvgIpc) is 3.23. The number of carboxylic acid groups (broad SMARTS) is 1. The number of carbonyl (C=O) groups is 1. The average molecular weight is 437 g/mol. The van der Waals surface area contributed by atoms with E-state index in [0.717, 1.165) is 12.3 Å². The molecule has 0 bridgehead atoms. The van der Waals surface area contributed by atoms with Crippen molar-refractivity contribution in [1.29, 1.82) is 0 Å². The van der Waals surface area contributed by atoms with Gasteiger partial charge in [0.2, 0.25) is 5.43 Å². The summed E-state index contributed by atoms with van der Waals surface area (Å²) < 4.78 is 50.0. The fraction of sp³-hybridized carbons (Fsp3) is 0.524. The number of aromatic carboxylic acids is 1. The molecule has 2 heterocycles. The Labute approximate surface area is 175 Å². The van der Waals surface area contributed by atoms with Gasteiger partial charge in [0, 0.05) is 31.2 Å². The number of hydrogen-bond donors (Lipinski definition) is 2. The molecule has 3 N–H and O–H groups in total. The van der Waals surface area contributed by atoms with Crippen LogP contribution >= 0.6 is 0 Å². The van der Waals surface area contributed by atoms with E-state index in [9.17, 15) is 23.5 Å². The van der Waals surface area contributed by atoms with Crippen LogP contribution in [0.5, 0.6) is 5.75 Å². The Kier molecular flexibility index (Phi) is 4.31. The quantitative estimate of drug-likeness (QED) is 0.763. The summed E-state index contributed by atoms with van der Waals surface area (Å²) in [5.74, 6) is -2.39. The van der Waals surface area contributed by atoms with Crippen molar-refractivity contribution in [3.63, 3.8) is 0 Å². The highest BCUT2D eigenvalue weighted by Crippen LogP contribution is 2.48. The van der Waals surface area contributed by atoms with Crippen molar-refractivity contribution in [2.24, 2.45) is 11.7 Å². The number of anilines is 1. The molecule has 1 aromatic carbocycles. The standard InChI is InChI=1S/C21H22F3N3O4/c1-31-19-16-11(18(28)12(20(29)30)7-27(16)15-4-13(15)23)3-14(24)17(19)26-6-9-2-10(22)5-21(9,25)8-26/h3,7,9-10,13,15H,2,4-6,8,25H2,1H3,(H,29,30). The molecule has 5 unspecified atom stereocenters. The number of nitrogens with two attached hydrogens (primary N) is 1. The second kappa shape index (κ2) is 6.62. The third kappa shape index (κ3) is 2.91. The highest BCUT2D eigenvalue weighted by molar-refractivity contribution is 5.97. The van der Waals surface area contributed by atoms with Crippen molar-refractivity contribution in [2.45, 2.75) is 43.2 Å². The lowest BCUT2D eigenvalue weighted by Crippen LogP contribution is -2.44. The highest BCUT2D eigenvalue weighted by Gasteiger charge is 2.52. The number of carboxylic acids is 1. The van der Waals surface area contributed by atoms with Gasteiger partial charge in [-0.15, -0.1) is 0 Å². The van der Waals surface area contributed by atoms with E-state index in [1.807, 2.05) is 0 Å². The third-order valence-corrected chi connectivity index (χ3v) is 6.87. The number of pyridine rings is 1. The molecule has 2 aromatic rings. The van der Waals surface area contributed by atoms with Gasteiger partial charge in [-0.3, -0.25) is 4.79 Å². The van der Waals surface area contributed by atoms with Crippen molar-refractivity contribution in [3.8, 4) is 5.75 Å². The van der Waals surface area contributed by atoms with Crippen molar-refractivity contribution < 1.29 is 27.8 Å². The SMILES string of the molecule is COc1c(N2CC3CC(F)CC3(N)C2)c(F)cc2c(=O)c(C(=O)O)cn(C3CC3F)c12. The van der Waals surface area contributed by atoms with Gasteiger partial charge in [0.1, 0.15) is 23.6 Å². The predicted octanol–water partition coefficient (Wildman–Crippen LogP) is 2.40. The molecule has 0 radical (unpaired) electrons. The lowest BCUT2D eigenvalue weighted by atomic mass is 9.92. The number of alkyl halides is 2. The van der Waals surface area contributed by atoms with Gasteiger partial charge in [0.05, 0.1) is 24.1 Å². The maximum absolute atomic E-state index is 15.3. The van der Waals surface area contributed by atoms with Crippen molar-refractivity contribution >= 4 is 22.6 Å². The molecule has 1 saturated heterocycles. The van der Waals surface area contributed by atoms with Crippen LogP contribution in [0.1, 0.15) is 35.7 Å². The summed E-state index contributed by atoms with van der Waals surface area (Å²) in [4.78, 5) is 26.0. The Morgan fingerprint density at radius 2 is 2.06 bits per heavy atom. The number of halogens is 3. The minimum atomic E-state index is -1.47. The summed E-state index contributed by atoms with van der Waals surface area (Å²) in [5.41, 5.74) is 4.39. The molecular weight excluding hydrogens is 415 g/mol. The molecule has 1 aromatic heterocycles. The zero-order chi connectivity index (χ0) is 22.2. The molecule has 2 aliphatic carbocycles. The Morgan fingerprint density at radius 3 is 2.65 bits per heavy atom. The number of aromatic nitrogens is 1. The van der Waals surface area contributed by atoms with Crippen molar-refractivity contribution in [3.05, 3.63) is 33.9 Å². The number of rotatable bonds is 4. The zero-order valence-electron chi connectivity index (χ0n) is 16.8. The molecule has 31 heavy (non-hydrogen) atoms. The monoisotopic (exact) mass is 437 g/mol. The topological polar surface area (TPSA) is 97.8 Å². The normalized spacial score (nSPS) is 31.8. The Balaban J connectivity index is 1.73. The van der Waals surface area contributed by atoms with E-state index in [4.69, 9.17) is 10.5 Å². The lowest BCUT2D eigenvalue weighted by molar-refractivity contribution is 0.0694. The maximum Gasteiger partial charge on any atom is 0.341 e. The van der Waals surface area contributed by atoms with E-state index < -0.39 is 46.7 Å². The number of nitrogens with zero attached hydrogens (tertiary/aromatic N) is 2. The van der Waals surface area contributed by atoms with E-state index in [2.05, 4.69) is 0 Å². The molecule has 0 amide bonds. The van der Waals surface area contributed by atoms with E-state index in [0.29, 0.717) is 13.0 Å². The molecule has 10 heteroatoms. The first-order chi connectivity index (χ1) is 14.6. The van der Waals surface area contributed by atoms with Gasteiger partial charge in [0.15, 0.2) is 11.6 Å². The van der Waals surface area contributed by atoms with Crippen LogP contribution in [-0.2, 0) is 0 Å². The summed E-state index contributed by atoms with van der Waals surface area (Å²) in [5, 5.41) is 9.21. The van der Waals surface area contributed by atoms with Crippen LogP contribution < -0.4 is 20.8 Å². The Hall–Kier alpha value is -2.75. The molecule has 3 fully saturated rings.